The van der Waals surface area contributed by atoms with Crippen molar-refractivity contribution in [3.8, 4) is 5.75 Å². The number of rotatable bonds is 9. The summed E-state index contributed by atoms with van der Waals surface area (Å²) >= 11 is 0. The number of methoxy groups -OCH3 is 1. The van der Waals surface area contributed by atoms with E-state index >= 15 is 0 Å². The summed E-state index contributed by atoms with van der Waals surface area (Å²) in [6, 6.07) is 5.01. The first-order valence-corrected chi connectivity index (χ1v) is 15.3. The predicted octanol–water partition coefficient (Wildman–Crippen LogP) is 2.86. The van der Waals surface area contributed by atoms with Crippen molar-refractivity contribution in [1.29, 1.82) is 0 Å². The Balaban J connectivity index is 2.41. The van der Waals surface area contributed by atoms with E-state index in [0.29, 0.717) is 6.61 Å². The number of hydrogen-bond acceptors (Lipinski definition) is 12. The second kappa shape index (κ2) is 12.8. The maximum Gasteiger partial charge on any atom is 0.339 e. The molecule has 2 rings (SSSR count). The van der Waals surface area contributed by atoms with Crippen LogP contribution in [0, 0.1) is 0 Å². The number of hydrogen-bond donors (Lipinski definition) is 1. The first-order valence-electron chi connectivity index (χ1n) is 12.4. The maximum absolute atomic E-state index is 12.6. The minimum Gasteiger partial charge on any atom is -0.467 e. The van der Waals surface area contributed by atoms with E-state index < -0.39 is 62.9 Å². The molecule has 1 saturated heterocycles. The molecule has 1 heterocycles. The first kappa shape index (κ1) is 32.1. The van der Waals surface area contributed by atoms with Gasteiger partial charge in [0.1, 0.15) is 5.75 Å². The van der Waals surface area contributed by atoms with Gasteiger partial charge in [-0.3, -0.25) is 14.4 Å². The molecule has 39 heavy (non-hydrogen) atoms. The third-order valence-corrected chi connectivity index (χ3v) is 11.0. The summed E-state index contributed by atoms with van der Waals surface area (Å²) in [6.07, 6.45) is -7.45. The molecule has 2 N–H and O–H groups in total. The van der Waals surface area contributed by atoms with E-state index in [0.717, 1.165) is 33.4 Å². The smallest absolute Gasteiger partial charge is 0.339 e. The zero-order chi connectivity index (χ0) is 29.7. The van der Waals surface area contributed by atoms with Crippen LogP contribution in [-0.4, -0.2) is 70.0 Å². The van der Waals surface area contributed by atoms with E-state index in [-0.39, 0.29) is 16.5 Å². The van der Waals surface area contributed by atoms with Crippen LogP contribution in [0.4, 0.5) is 5.69 Å². The van der Waals surface area contributed by atoms with Crippen molar-refractivity contribution in [2.75, 3.05) is 12.8 Å². The summed E-state index contributed by atoms with van der Waals surface area (Å²) in [5.41, 5.74) is 7.29. The van der Waals surface area contributed by atoms with Crippen molar-refractivity contribution in [1.82, 2.24) is 0 Å². The van der Waals surface area contributed by atoms with Gasteiger partial charge in [-0.05, 0) is 35.8 Å². The van der Waals surface area contributed by atoms with Crippen LogP contribution in [0.2, 0.25) is 18.1 Å². The maximum atomic E-state index is 12.6. The Morgan fingerprint density at radius 2 is 1.46 bits per heavy atom. The molecule has 0 saturated carbocycles. The Bertz CT molecular complexity index is 1070. The van der Waals surface area contributed by atoms with Crippen molar-refractivity contribution in [3.05, 3.63) is 23.8 Å². The van der Waals surface area contributed by atoms with Gasteiger partial charge in [-0.2, -0.15) is 0 Å². The molecule has 1 aliphatic rings. The summed E-state index contributed by atoms with van der Waals surface area (Å²) < 4.78 is 38.7. The van der Waals surface area contributed by atoms with Crippen LogP contribution >= 0.6 is 0 Å². The highest BCUT2D eigenvalue weighted by Gasteiger charge is 2.56. The van der Waals surface area contributed by atoms with E-state index in [1.165, 1.54) is 0 Å². The minimum atomic E-state index is -2.00. The number of nitrogen functional groups attached to an aromatic ring is 1. The lowest BCUT2D eigenvalue weighted by Crippen LogP contribution is -2.64. The Morgan fingerprint density at radius 3 is 1.95 bits per heavy atom. The van der Waals surface area contributed by atoms with E-state index in [4.69, 9.17) is 38.6 Å². The number of anilines is 1. The molecule has 1 fully saturated rings. The number of benzene rings is 1. The highest BCUT2D eigenvalue weighted by Crippen LogP contribution is 2.38. The molecule has 0 aliphatic carbocycles. The van der Waals surface area contributed by atoms with E-state index in [2.05, 4.69) is 33.9 Å². The number of nitrogens with two attached hydrogens (primary N) is 1. The number of carbonyl (C=O) groups excluding carboxylic acids is 4. The Kier molecular flexibility index (Phi) is 10.5. The summed E-state index contributed by atoms with van der Waals surface area (Å²) in [7, 11) is -0.897. The van der Waals surface area contributed by atoms with Crippen LogP contribution in [0.25, 0.3) is 0 Å². The first-order chi connectivity index (χ1) is 18.0. The quantitative estimate of drug-likeness (QED) is 0.201. The molecule has 13 heteroatoms. The van der Waals surface area contributed by atoms with Crippen molar-refractivity contribution in [2.24, 2.45) is 0 Å². The summed E-state index contributed by atoms with van der Waals surface area (Å²) in [5.74, 6) is -3.14. The molecule has 12 nitrogen and oxygen atoms in total. The minimum absolute atomic E-state index is 0.0320. The van der Waals surface area contributed by atoms with Gasteiger partial charge in [-0.15, -0.1) is 0 Å². The zero-order valence-corrected chi connectivity index (χ0v) is 24.9. The molecule has 1 aromatic carbocycles. The van der Waals surface area contributed by atoms with Gasteiger partial charge in [0.05, 0.1) is 19.4 Å². The summed E-state index contributed by atoms with van der Waals surface area (Å²) in [4.78, 5) is 48.3. The Morgan fingerprint density at radius 1 is 0.923 bits per heavy atom. The largest absolute Gasteiger partial charge is 0.467 e. The lowest BCUT2D eigenvalue weighted by Gasteiger charge is -2.43. The van der Waals surface area contributed by atoms with Gasteiger partial charge < -0.3 is 38.6 Å². The molecule has 0 aromatic heterocycles. The average Bonchev–Trinajstić information content (AvgIpc) is 2.80. The lowest BCUT2D eigenvalue weighted by atomic mass is 9.97. The number of ether oxygens (including phenoxy) is 6. The van der Waals surface area contributed by atoms with Gasteiger partial charge in [0, 0.05) is 20.8 Å². The Hall–Kier alpha value is -3.16. The van der Waals surface area contributed by atoms with Crippen molar-refractivity contribution >= 4 is 37.9 Å². The van der Waals surface area contributed by atoms with Crippen LogP contribution in [-0.2, 0) is 53.9 Å². The van der Waals surface area contributed by atoms with Crippen molar-refractivity contribution < 1.29 is 52.0 Å². The molecule has 0 spiro atoms. The van der Waals surface area contributed by atoms with Gasteiger partial charge in [-0.1, -0.05) is 26.8 Å². The monoisotopic (exact) mass is 569 g/mol. The molecular weight excluding hydrogens is 530 g/mol. The van der Waals surface area contributed by atoms with Crippen LogP contribution in [0.15, 0.2) is 18.2 Å². The molecule has 0 radical (unpaired) electrons. The third kappa shape index (κ3) is 8.41. The topological polar surface area (TPSA) is 159 Å². The average molecular weight is 570 g/mol. The molecule has 3 unspecified atom stereocenters. The van der Waals surface area contributed by atoms with Crippen LogP contribution < -0.4 is 10.5 Å². The van der Waals surface area contributed by atoms with Crippen LogP contribution in [0.3, 0.4) is 0 Å². The number of carbonyl (C=O) groups is 4. The van der Waals surface area contributed by atoms with Gasteiger partial charge in [-0.25, -0.2) is 4.79 Å². The third-order valence-electron chi connectivity index (χ3n) is 6.56. The highest BCUT2D eigenvalue weighted by atomic mass is 28.4. The van der Waals surface area contributed by atoms with Crippen LogP contribution in [0.1, 0.15) is 47.1 Å². The lowest BCUT2D eigenvalue weighted by molar-refractivity contribution is -0.282. The van der Waals surface area contributed by atoms with Crippen LogP contribution in [0.5, 0.6) is 5.75 Å². The van der Waals surface area contributed by atoms with E-state index in [1.54, 1.807) is 18.2 Å². The van der Waals surface area contributed by atoms with Crippen molar-refractivity contribution in [2.45, 2.75) is 97.0 Å². The molecule has 1 aromatic rings. The molecule has 0 amide bonds. The fourth-order valence-electron chi connectivity index (χ4n) is 3.58. The highest BCUT2D eigenvalue weighted by molar-refractivity contribution is 6.74. The molecule has 5 atom stereocenters. The van der Waals surface area contributed by atoms with E-state index in [1.807, 2.05) is 0 Å². The number of esters is 4. The van der Waals surface area contributed by atoms with Crippen molar-refractivity contribution in [3.63, 3.8) is 0 Å². The predicted molar refractivity (Wildman–Crippen MR) is 141 cm³/mol. The molecule has 1 aliphatic heterocycles. The Labute approximate surface area is 229 Å². The van der Waals surface area contributed by atoms with E-state index in [9.17, 15) is 19.2 Å². The molecule has 0 bridgehead atoms. The molecular formula is C26H39NO11Si. The summed E-state index contributed by atoms with van der Waals surface area (Å²) in [6.45, 7) is 14.4. The summed E-state index contributed by atoms with van der Waals surface area (Å²) in [5, 5.41) is 0.0320. The second-order valence-corrected chi connectivity index (χ2v) is 15.5. The van der Waals surface area contributed by atoms with Gasteiger partial charge in [0.25, 0.3) is 0 Å². The van der Waals surface area contributed by atoms with Gasteiger partial charge in [0.15, 0.2) is 26.6 Å². The standard InChI is InChI=1S/C26H39NO11Si/c1-14(28)34-20-21(35-15(2)29)23(36-16(3)30)25(38-22(20)24(31)32-7)37-19-11-10-17(12-18(19)27)13-33-39(8,9)26(4,5)6/h10-12,20-23,25H,13,27H2,1-9H3/t20-,21?,22?,23?,25+/m0/s1. The fourth-order valence-corrected chi connectivity index (χ4v) is 4.54. The molecule has 218 valence electrons. The van der Waals surface area contributed by atoms with Gasteiger partial charge in [0.2, 0.25) is 12.4 Å². The second-order valence-electron chi connectivity index (χ2n) is 10.7. The zero-order valence-electron chi connectivity index (χ0n) is 23.9. The fraction of sp³-hybridized carbons (Fsp3) is 0.615. The SMILES string of the molecule is COC(=O)C1O[C@@H](Oc2ccc(CO[Si](C)(C)C(C)(C)C)cc2N)C(OC(C)=O)C(OC(C)=O)[C@@H]1OC(C)=O. The van der Waals surface area contributed by atoms with Gasteiger partial charge >= 0.3 is 23.9 Å². The normalized spacial score (nSPS) is 23.4.